The number of hydrogen-bond acceptors (Lipinski definition) is 6. The minimum absolute atomic E-state index is 0.0148. The topological polar surface area (TPSA) is 83.1 Å². The molecule has 1 N–H and O–H groups in total. The Kier molecular flexibility index (Phi) is 6.68. The predicted octanol–water partition coefficient (Wildman–Crippen LogP) is 4.70. The van der Waals surface area contributed by atoms with Gasteiger partial charge in [-0.1, -0.05) is 0 Å². The molecule has 0 amide bonds. The molecular weight excluding hydrogens is 406 g/mol. The lowest BCUT2D eigenvalue weighted by Crippen LogP contribution is -2.14. The van der Waals surface area contributed by atoms with Crippen LogP contribution in [-0.2, 0) is 10.0 Å². The zero-order valence-electron chi connectivity index (χ0n) is 16.9. The Hall–Kier alpha value is -3.39. The van der Waals surface area contributed by atoms with Gasteiger partial charge in [0.2, 0.25) is 0 Å². The van der Waals surface area contributed by atoms with Crippen LogP contribution in [-0.4, -0.2) is 29.2 Å². The fraction of sp³-hybridized carbons (Fsp3) is 0.182. The highest BCUT2D eigenvalue weighted by Crippen LogP contribution is 2.30. The number of anilines is 1. The van der Waals surface area contributed by atoms with Crippen LogP contribution >= 0.6 is 0 Å². The standard InChI is InChI=1S/C22H23NO6S/c1-4-28-17-9-11-19(12-10-17)29-18-7-5-16(6-8-18)23-30(24,25)22-15-20(26-2)13-14-21(22)27-3/h5-15,23H,4H2,1-3H3. The summed E-state index contributed by atoms with van der Waals surface area (Å²) in [5, 5.41) is 0. The van der Waals surface area contributed by atoms with Gasteiger partial charge in [0.15, 0.2) is 0 Å². The zero-order valence-corrected chi connectivity index (χ0v) is 17.7. The zero-order chi connectivity index (χ0) is 21.6. The van der Waals surface area contributed by atoms with E-state index in [4.69, 9.17) is 18.9 Å². The number of sulfonamides is 1. The van der Waals surface area contributed by atoms with Gasteiger partial charge in [0.25, 0.3) is 10.0 Å². The fourth-order valence-corrected chi connectivity index (χ4v) is 3.95. The SMILES string of the molecule is CCOc1ccc(Oc2ccc(NS(=O)(=O)c3cc(OC)ccc3OC)cc2)cc1. The highest BCUT2D eigenvalue weighted by atomic mass is 32.2. The molecule has 0 saturated heterocycles. The van der Waals surface area contributed by atoms with E-state index >= 15 is 0 Å². The Balaban J connectivity index is 1.73. The van der Waals surface area contributed by atoms with Gasteiger partial charge >= 0.3 is 0 Å². The van der Waals surface area contributed by atoms with Crippen molar-refractivity contribution in [1.29, 1.82) is 0 Å². The van der Waals surface area contributed by atoms with Crippen molar-refractivity contribution in [3.63, 3.8) is 0 Å². The molecule has 0 bridgehead atoms. The maximum Gasteiger partial charge on any atom is 0.265 e. The van der Waals surface area contributed by atoms with Crippen LogP contribution < -0.4 is 23.7 Å². The Bertz CT molecular complexity index is 1080. The Morgan fingerprint density at radius 3 is 1.90 bits per heavy atom. The van der Waals surface area contributed by atoms with Crippen molar-refractivity contribution in [3.05, 3.63) is 66.7 Å². The summed E-state index contributed by atoms with van der Waals surface area (Å²) in [6.07, 6.45) is 0. The molecule has 0 heterocycles. The van der Waals surface area contributed by atoms with Gasteiger partial charge in [0.05, 0.1) is 20.8 Å². The van der Waals surface area contributed by atoms with Crippen molar-refractivity contribution in [2.75, 3.05) is 25.5 Å². The molecule has 0 fully saturated rings. The Morgan fingerprint density at radius 1 is 0.767 bits per heavy atom. The van der Waals surface area contributed by atoms with Crippen LogP contribution in [0.2, 0.25) is 0 Å². The first-order valence-electron chi connectivity index (χ1n) is 9.21. The summed E-state index contributed by atoms with van der Waals surface area (Å²) in [4.78, 5) is -0.0148. The first-order valence-corrected chi connectivity index (χ1v) is 10.7. The summed E-state index contributed by atoms with van der Waals surface area (Å²) >= 11 is 0. The average Bonchev–Trinajstić information content (AvgIpc) is 2.76. The molecule has 0 atom stereocenters. The van der Waals surface area contributed by atoms with Gasteiger partial charge in [-0.2, -0.15) is 0 Å². The normalized spacial score (nSPS) is 10.9. The summed E-state index contributed by atoms with van der Waals surface area (Å²) in [5.74, 6) is 2.62. The third-order valence-electron chi connectivity index (χ3n) is 4.14. The maximum absolute atomic E-state index is 12.8. The van der Waals surface area contributed by atoms with Crippen molar-refractivity contribution >= 4 is 15.7 Å². The molecule has 0 radical (unpaired) electrons. The molecule has 0 aliphatic heterocycles. The first kappa shape index (κ1) is 21.3. The lowest BCUT2D eigenvalue weighted by Gasteiger charge is -2.13. The first-order chi connectivity index (χ1) is 14.4. The summed E-state index contributed by atoms with van der Waals surface area (Å²) in [6, 6.07) is 18.4. The number of ether oxygens (including phenoxy) is 4. The minimum atomic E-state index is -3.88. The number of nitrogens with one attached hydrogen (secondary N) is 1. The van der Waals surface area contributed by atoms with Gasteiger partial charge in [-0.25, -0.2) is 8.42 Å². The molecule has 158 valence electrons. The molecular formula is C22H23NO6S. The van der Waals surface area contributed by atoms with Crippen LogP contribution in [0.5, 0.6) is 28.7 Å². The third-order valence-corrected chi connectivity index (χ3v) is 5.54. The van der Waals surface area contributed by atoms with Crippen LogP contribution in [0.3, 0.4) is 0 Å². The molecule has 3 aromatic rings. The van der Waals surface area contributed by atoms with Gasteiger partial charge in [-0.3, -0.25) is 4.72 Å². The molecule has 30 heavy (non-hydrogen) atoms. The molecule has 8 heteroatoms. The van der Waals surface area contributed by atoms with Crippen LogP contribution in [0, 0.1) is 0 Å². The fourth-order valence-electron chi connectivity index (χ4n) is 2.70. The summed E-state index contributed by atoms with van der Waals surface area (Å²) in [7, 11) is -1.00. The van der Waals surface area contributed by atoms with Crippen molar-refractivity contribution < 1.29 is 27.4 Å². The summed E-state index contributed by atoms with van der Waals surface area (Å²) < 4.78 is 49.7. The quantitative estimate of drug-likeness (QED) is 0.531. The average molecular weight is 429 g/mol. The molecule has 0 aliphatic carbocycles. The number of benzene rings is 3. The second-order valence-corrected chi connectivity index (χ2v) is 7.80. The Labute approximate surface area is 176 Å². The maximum atomic E-state index is 12.8. The second kappa shape index (κ2) is 9.41. The van der Waals surface area contributed by atoms with E-state index < -0.39 is 10.0 Å². The van der Waals surface area contributed by atoms with E-state index in [1.807, 2.05) is 19.1 Å². The predicted molar refractivity (Wildman–Crippen MR) is 114 cm³/mol. The number of hydrogen-bond donors (Lipinski definition) is 1. The van der Waals surface area contributed by atoms with E-state index in [-0.39, 0.29) is 10.6 Å². The molecule has 7 nitrogen and oxygen atoms in total. The Morgan fingerprint density at radius 2 is 1.33 bits per heavy atom. The molecule has 0 aliphatic rings. The minimum Gasteiger partial charge on any atom is -0.497 e. The molecule has 0 spiro atoms. The third kappa shape index (κ3) is 5.15. The van der Waals surface area contributed by atoms with Crippen molar-refractivity contribution in [2.24, 2.45) is 0 Å². The number of methoxy groups -OCH3 is 2. The summed E-state index contributed by atoms with van der Waals surface area (Å²) in [6.45, 7) is 2.52. The van der Waals surface area contributed by atoms with Crippen molar-refractivity contribution in [1.82, 2.24) is 0 Å². The second-order valence-electron chi connectivity index (χ2n) is 6.15. The lowest BCUT2D eigenvalue weighted by molar-refractivity contribution is 0.339. The molecule has 0 aromatic heterocycles. The summed E-state index contributed by atoms with van der Waals surface area (Å²) in [5.41, 5.74) is 0.388. The largest absolute Gasteiger partial charge is 0.497 e. The van der Waals surface area contributed by atoms with Gasteiger partial charge in [0.1, 0.15) is 33.6 Å². The van der Waals surface area contributed by atoms with Gasteiger partial charge in [-0.05, 0) is 67.6 Å². The molecule has 0 unspecified atom stereocenters. The van der Waals surface area contributed by atoms with Gasteiger partial charge in [0, 0.05) is 11.8 Å². The van der Waals surface area contributed by atoms with E-state index in [1.165, 1.54) is 20.3 Å². The van der Waals surface area contributed by atoms with Gasteiger partial charge in [-0.15, -0.1) is 0 Å². The smallest absolute Gasteiger partial charge is 0.265 e. The molecule has 3 aromatic carbocycles. The van der Waals surface area contributed by atoms with Crippen molar-refractivity contribution in [3.8, 4) is 28.7 Å². The van der Waals surface area contributed by atoms with Gasteiger partial charge < -0.3 is 18.9 Å². The van der Waals surface area contributed by atoms with Crippen LogP contribution in [0.1, 0.15) is 6.92 Å². The highest BCUT2D eigenvalue weighted by Gasteiger charge is 2.20. The van der Waals surface area contributed by atoms with E-state index in [1.54, 1.807) is 48.5 Å². The van der Waals surface area contributed by atoms with Crippen LogP contribution in [0.4, 0.5) is 5.69 Å². The monoisotopic (exact) mass is 429 g/mol. The van der Waals surface area contributed by atoms with E-state index in [9.17, 15) is 8.42 Å². The van der Waals surface area contributed by atoms with E-state index in [2.05, 4.69) is 4.72 Å². The number of rotatable bonds is 9. The van der Waals surface area contributed by atoms with Crippen LogP contribution in [0.15, 0.2) is 71.6 Å². The molecule has 0 saturated carbocycles. The molecule has 3 rings (SSSR count). The lowest BCUT2D eigenvalue weighted by atomic mass is 10.3. The van der Waals surface area contributed by atoms with E-state index in [0.717, 1.165) is 5.75 Å². The van der Waals surface area contributed by atoms with E-state index in [0.29, 0.717) is 29.5 Å². The highest BCUT2D eigenvalue weighted by molar-refractivity contribution is 7.92. The van der Waals surface area contributed by atoms with Crippen molar-refractivity contribution in [2.45, 2.75) is 11.8 Å². The van der Waals surface area contributed by atoms with Crippen LogP contribution in [0.25, 0.3) is 0 Å².